The van der Waals surface area contributed by atoms with E-state index in [9.17, 15) is 5.11 Å². The molecule has 4 atom stereocenters. The van der Waals surface area contributed by atoms with Gasteiger partial charge in [-0.25, -0.2) is 0 Å². The van der Waals surface area contributed by atoms with Crippen LogP contribution in [0, 0.1) is 5.41 Å². The van der Waals surface area contributed by atoms with Crippen molar-refractivity contribution >= 4 is 5.69 Å². The smallest absolute Gasteiger partial charge is 0.194 e. The van der Waals surface area contributed by atoms with Crippen molar-refractivity contribution in [3.05, 3.63) is 42.1 Å². The predicted molar refractivity (Wildman–Crippen MR) is 86.9 cm³/mol. The molecule has 5 aliphatic rings. The molecule has 4 nitrogen and oxygen atoms in total. The summed E-state index contributed by atoms with van der Waals surface area (Å²) in [6.07, 6.45) is 8.94. The van der Waals surface area contributed by atoms with Crippen molar-refractivity contribution in [2.75, 3.05) is 24.6 Å². The predicted octanol–water partition coefficient (Wildman–Crippen LogP) is 2.19. The van der Waals surface area contributed by atoms with Crippen LogP contribution in [0.4, 0.5) is 5.69 Å². The highest BCUT2D eigenvalue weighted by Gasteiger charge is 2.75. The Morgan fingerprint density at radius 2 is 2.04 bits per heavy atom. The first-order chi connectivity index (χ1) is 11.2. The fraction of sp³-hybridized carbons (Fsp3) is 0.579. The van der Waals surface area contributed by atoms with Crippen LogP contribution in [0.15, 0.2) is 36.5 Å². The van der Waals surface area contributed by atoms with E-state index in [2.05, 4.69) is 40.3 Å². The van der Waals surface area contributed by atoms with Gasteiger partial charge in [-0.1, -0.05) is 24.3 Å². The second kappa shape index (κ2) is 3.82. The summed E-state index contributed by atoms with van der Waals surface area (Å²) < 4.78 is 6.53. The third-order valence-electron chi connectivity index (χ3n) is 7.13. The van der Waals surface area contributed by atoms with Crippen LogP contribution in [-0.4, -0.2) is 41.5 Å². The van der Waals surface area contributed by atoms with E-state index in [1.54, 1.807) is 0 Å². The molecule has 1 aromatic rings. The number of rotatable bonds is 0. The molecule has 1 N–H and O–H groups in total. The van der Waals surface area contributed by atoms with Crippen molar-refractivity contribution in [1.29, 1.82) is 0 Å². The van der Waals surface area contributed by atoms with Crippen molar-refractivity contribution in [3.8, 4) is 0 Å². The Labute approximate surface area is 136 Å². The van der Waals surface area contributed by atoms with E-state index in [4.69, 9.17) is 4.74 Å². The van der Waals surface area contributed by atoms with Crippen LogP contribution in [-0.2, 0) is 10.3 Å². The zero-order valence-electron chi connectivity index (χ0n) is 13.2. The molecule has 0 aromatic heterocycles. The van der Waals surface area contributed by atoms with E-state index in [1.807, 2.05) is 6.07 Å². The summed E-state index contributed by atoms with van der Waals surface area (Å²) in [5, 5.41) is 11.9. The van der Waals surface area contributed by atoms with Gasteiger partial charge in [-0.15, -0.1) is 0 Å². The third-order valence-corrected chi connectivity index (χ3v) is 7.13. The molecule has 3 saturated heterocycles. The van der Waals surface area contributed by atoms with Gasteiger partial charge in [0.15, 0.2) is 5.72 Å². The Balaban J connectivity index is 1.69. The van der Waals surface area contributed by atoms with Gasteiger partial charge < -0.3 is 14.7 Å². The van der Waals surface area contributed by atoms with Crippen molar-refractivity contribution in [2.24, 2.45) is 5.41 Å². The van der Waals surface area contributed by atoms with Crippen molar-refractivity contribution in [2.45, 2.75) is 43.1 Å². The molecule has 1 spiro atoms. The molecule has 0 radical (unpaired) electrons. The number of fused-ring (bicyclic) bond motifs is 3. The second-order valence-electron chi connectivity index (χ2n) is 7.88. The molecule has 0 saturated carbocycles. The Bertz CT molecular complexity index is 730. The van der Waals surface area contributed by atoms with Crippen LogP contribution in [0.3, 0.4) is 0 Å². The largest absolute Gasteiger partial charge is 0.380 e. The summed E-state index contributed by atoms with van der Waals surface area (Å²) in [4.78, 5) is 4.85. The molecular weight excluding hydrogens is 288 g/mol. The molecule has 4 heteroatoms. The van der Waals surface area contributed by atoms with Crippen LogP contribution in [0.1, 0.15) is 31.2 Å². The zero-order valence-corrected chi connectivity index (χ0v) is 13.2. The average molecular weight is 310 g/mol. The van der Waals surface area contributed by atoms with Gasteiger partial charge in [0.2, 0.25) is 0 Å². The molecule has 1 aromatic carbocycles. The lowest BCUT2D eigenvalue weighted by molar-refractivity contribution is -0.288. The van der Waals surface area contributed by atoms with Gasteiger partial charge in [0, 0.05) is 29.4 Å². The third kappa shape index (κ3) is 1.19. The molecule has 5 aliphatic heterocycles. The Morgan fingerprint density at radius 3 is 3.00 bits per heavy atom. The van der Waals surface area contributed by atoms with Crippen LogP contribution in [0.25, 0.3) is 0 Å². The zero-order chi connectivity index (χ0) is 15.3. The Kier molecular flexibility index (Phi) is 2.16. The van der Waals surface area contributed by atoms with E-state index in [0.29, 0.717) is 0 Å². The van der Waals surface area contributed by atoms with Gasteiger partial charge in [-0.05, 0) is 38.3 Å². The molecule has 23 heavy (non-hydrogen) atoms. The molecule has 2 bridgehead atoms. The number of ether oxygens (including phenoxy) is 1. The summed E-state index contributed by atoms with van der Waals surface area (Å²) in [6.45, 7) is 2.83. The highest BCUT2D eigenvalue weighted by atomic mass is 16.5. The van der Waals surface area contributed by atoms with Gasteiger partial charge in [-0.2, -0.15) is 0 Å². The normalized spacial score (nSPS) is 46.5. The monoisotopic (exact) mass is 310 g/mol. The molecule has 0 aliphatic carbocycles. The lowest BCUT2D eigenvalue weighted by Gasteiger charge is -2.68. The summed E-state index contributed by atoms with van der Waals surface area (Å²) in [5.41, 5.74) is 0.798. The van der Waals surface area contributed by atoms with Crippen molar-refractivity contribution in [3.63, 3.8) is 0 Å². The van der Waals surface area contributed by atoms with Gasteiger partial charge in [0.25, 0.3) is 0 Å². The van der Waals surface area contributed by atoms with Gasteiger partial charge in [0.05, 0.1) is 12.6 Å². The van der Waals surface area contributed by atoms with Crippen molar-refractivity contribution < 1.29 is 9.84 Å². The fourth-order valence-electron chi connectivity index (χ4n) is 6.30. The van der Waals surface area contributed by atoms with E-state index < -0.39 is 11.3 Å². The molecule has 6 rings (SSSR count). The SMILES string of the molecule is O[C@]12CCN3CCC[C@@]45C=CN(c6ccccc61)[C@@]2(OCC4)[C@H]35. The lowest BCUT2D eigenvalue weighted by Crippen LogP contribution is -2.81. The van der Waals surface area contributed by atoms with E-state index in [1.165, 1.54) is 12.8 Å². The minimum atomic E-state index is -0.904. The highest BCUT2D eigenvalue weighted by molar-refractivity contribution is 5.69. The van der Waals surface area contributed by atoms with Crippen LogP contribution in [0.5, 0.6) is 0 Å². The molecule has 0 unspecified atom stereocenters. The number of benzene rings is 1. The van der Waals surface area contributed by atoms with Crippen LogP contribution < -0.4 is 4.90 Å². The first-order valence-electron chi connectivity index (χ1n) is 8.90. The molecule has 3 fully saturated rings. The first kappa shape index (κ1) is 13.0. The standard InChI is InChI=1S/C19H22N2O2/c22-18-8-11-20-10-3-6-17-7-12-21(15-5-2-1-4-14(15)18)19(18,16(17)20)23-13-9-17/h1-2,4-5,7,12,16,22H,3,6,8-11,13H2/t16-,17-,18-,19-/m1/s1. The quantitative estimate of drug-likeness (QED) is 0.797. The minimum Gasteiger partial charge on any atom is -0.380 e. The maximum absolute atomic E-state index is 11.9. The Hall–Kier alpha value is -1.36. The second-order valence-corrected chi connectivity index (χ2v) is 7.88. The number of piperidine rings is 2. The summed E-state index contributed by atoms with van der Waals surface area (Å²) >= 11 is 0. The number of aliphatic hydroxyl groups is 1. The maximum Gasteiger partial charge on any atom is 0.194 e. The lowest BCUT2D eigenvalue weighted by atomic mass is 9.58. The van der Waals surface area contributed by atoms with E-state index in [-0.39, 0.29) is 11.5 Å². The van der Waals surface area contributed by atoms with Gasteiger partial charge in [-0.3, -0.25) is 4.90 Å². The van der Waals surface area contributed by atoms with E-state index >= 15 is 0 Å². The van der Waals surface area contributed by atoms with E-state index in [0.717, 1.165) is 43.8 Å². The molecular formula is C19H22N2O2. The number of nitrogens with zero attached hydrogens (tertiary/aromatic N) is 2. The fourth-order valence-corrected chi connectivity index (χ4v) is 6.30. The summed E-state index contributed by atoms with van der Waals surface area (Å²) in [7, 11) is 0. The van der Waals surface area contributed by atoms with Crippen LogP contribution >= 0.6 is 0 Å². The van der Waals surface area contributed by atoms with Crippen LogP contribution in [0.2, 0.25) is 0 Å². The Morgan fingerprint density at radius 1 is 1.13 bits per heavy atom. The number of anilines is 1. The van der Waals surface area contributed by atoms with Gasteiger partial charge in [0.1, 0.15) is 5.60 Å². The highest BCUT2D eigenvalue weighted by Crippen LogP contribution is 2.66. The number of para-hydroxylation sites is 1. The number of hydrogen-bond donors (Lipinski definition) is 1. The summed E-state index contributed by atoms with van der Waals surface area (Å²) in [5.74, 6) is 0. The average Bonchev–Trinajstić information content (AvgIpc) is 2.79. The maximum atomic E-state index is 11.9. The minimum absolute atomic E-state index is 0.170. The molecule has 120 valence electrons. The first-order valence-corrected chi connectivity index (χ1v) is 8.90. The topological polar surface area (TPSA) is 35.9 Å². The molecule has 0 amide bonds. The summed E-state index contributed by atoms with van der Waals surface area (Å²) in [6, 6.07) is 8.58. The number of hydrogen-bond acceptors (Lipinski definition) is 4. The van der Waals surface area contributed by atoms with Gasteiger partial charge >= 0.3 is 0 Å². The van der Waals surface area contributed by atoms with Crippen molar-refractivity contribution in [1.82, 2.24) is 4.90 Å². The molecule has 5 heterocycles.